The SMILES string of the molecule is CCN(CC)CCOc1ccccc1CNC(=O)C1CC(=O)N(c2cccc(OC)c2)C1. The molecule has 1 aliphatic heterocycles. The van der Waals surface area contributed by atoms with Gasteiger partial charge >= 0.3 is 0 Å². The number of likely N-dealkylation sites (N-methyl/N-ethyl adjacent to an activating group) is 1. The molecule has 32 heavy (non-hydrogen) atoms. The minimum absolute atomic E-state index is 0.0569. The summed E-state index contributed by atoms with van der Waals surface area (Å²) in [5.74, 6) is 0.894. The predicted octanol–water partition coefficient (Wildman–Crippen LogP) is 3.09. The van der Waals surface area contributed by atoms with Crippen LogP contribution in [0.3, 0.4) is 0 Å². The van der Waals surface area contributed by atoms with Gasteiger partial charge in [-0.05, 0) is 31.3 Å². The second kappa shape index (κ2) is 11.5. The average Bonchev–Trinajstić information content (AvgIpc) is 3.22. The smallest absolute Gasteiger partial charge is 0.227 e. The van der Waals surface area contributed by atoms with Crippen molar-refractivity contribution >= 4 is 17.5 Å². The van der Waals surface area contributed by atoms with Crippen molar-refractivity contribution < 1.29 is 19.1 Å². The maximum Gasteiger partial charge on any atom is 0.227 e. The molecule has 1 unspecified atom stereocenters. The fourth-order valence-corrected chi connectivity index (χ4v) is 3.85. The molecular weight excluding hydrogens is 406 g/mol. The van der Waals surface area contributed by atoms with E-state index in [1.165, 1.54) is 0 Å². The van der Waals surface area contributed by atoms with Gasteiger partial charge in [-0.15, -0.1) is 0 Å². The molecule has 0 aromatic heterocycles. The van der Waals surface area contributed by atoms with Crippen molar-refractivity contribution in [2.75, 3.05) is 44.8 Å². The first kappa shape index (κ1) is 23.6. The molecule has 7 nitrogen and oxygen atoms in total. The summed E-state index contributed by atoms with van der Waals surface area (Å²) in [5, 5.41) is 2.99. The number of anilines is 1. The Morgan fingerprint density at radius 3 is 2.69 bits per heavy atom. The van der Waals surface area contributed by atoms with Gasteiger partial charge in [0.1, 0.15) is 18.1 Å². The van der Waals surface area contributed by atoms with Gasteiger partial charge in [0, 0.05) is 43.4 Å². The Labute approximate surface area is 190 Å². The van der Waals surface area contributed by atoms with Gasteiger partial charge in [0.2, 0.25) is 11.8 Å². The number of nitrogens with one attached hydrogen (secondary N) is 1. The molecule has 3 rings (SSSR count). The van der Waals surface area contributed by atoms with E-state index in [-0.39, 0.29) is 24.2 Å². The molecule has 7 heteroatoms. The molecule has 1 fully saturated rings. The van der Waals surface area contributed by atoms with Crippen LogP contribution in [0.15, 0.2) is 48.5 Å². The lowest BCUT2D eigenvalue weighted by Gasteiger charge is -2.19. The molecule has 0 spiro atoms. The van der Waals surface area contributed by atoms with E-state index in [1.54, 1.807) is 12.0 Å². The lowest BCUT2D eigenvalue weighted by atomic mass is 10.1. The van der Waals surface area contributed by atoms with Crippen molar-refractivity contribution in [3.05, 3.63) is 54.1 Å². The summed E-state index contributed by atoms with van der Waals surface area (Å²) in [6.07, 6.45) is 0.199. The standard InChI is InChI=1S/C25H33N3O4/c1-4-27(5-2)13-14-32-23-12-7-6-9-19(23)17-26-25(30)20-15-24(29)28(18-20)21-10-8-11-22(16-21)31-3/h6-12,16,20H,4-5,13-15,17-18H2,1-3H3,(H,26,30). The predicted molar refractivity (Wildman–Crippen MR) is 125 cm³/mol. The summed E-state index contributed by atoms with van der Waals surface area (Å²) >= 11 is 0. The van der Waals surface area contributed by atoms with Crippen molar-refractivity contribution in [2.45, 2.75) is 26.8 Å². The van der Waals surface area contributed by atoms with Crippen molar-refractivity contribution in [3.8, 4) is 11.5 Å². The van der Waals surface area contributed by atoms with Crippen LogP contribution in [0.2, 0.25) is 0 Å². The summed E-state index contributed by atoms with van der Waals surface area (Å²) in [6, 6.07) is 15.1. The molecule has 1 atom stereocenters. The van der Waals surface area contributed by atoms with E-state index < -0.39 is 0 Å². The van der Waals surface area contributed by atoms with E-state index in [0.717, 1.165) is 36.6 Å². The zero-order valence-electron chi connectivity index (χ0n) is 19.2. The molecule has 2 amide bonds. The highest BCUT2D eigenvalue weighted by Crippen LogP contribution is 2.28. The minimum atomic E-state index is -0.385. The van der Waals surface area contributed by atoms with Crippen molar-refractivity contribution in [1.82, 2.24) is 10.2 Å². The molecule has 0 saturated carbocycles. The molecule has 1 heterocycles. The lowest BCUT2D eigenvalue weighted by Crippen LogP contribution is -2.32. The van der Waals surface area contributed by atoms with Gasteiger partial charge in [0.05, 0.1) is 13.0 Å². The van der Waals surface area contributed by atoms with Crippen LogP contribution in [-0.4, -0.2) is 56.6 Å². The second-order valence-electron chi connectivity index (χ2n) is 7.81. The number of benzene rings is 2. The number of rotatable bonds is 11. The molecule has 1 aliphatic rings. The van der Waals surface area contributed by atoms with Crippen molar-refractivity contribution in [2.24, 2.45) is 5.92 Å². The molecule has 1 N–H and O–H groups in total. The number of nitrogens with zero attached hydrogens (tertiary/aromatic N) is 2. The number of carbonyl (C=O) groups excluding carboxylic acids is 2. The summed E-state index contributed by atoms with van der Waals surface area (Å²) in [6.45, 7) is 8.43. The quantitative estimate of drug-likeness (QED) is 0.583. The summed E-state index contributed by atoms with van der Waals surface area (Å²) in [7, 11) is 1.59. The molecule has 0 radical (unpaired) electrons. The fourth-order valence-electron chi connectivity index (χ4n) is 3.85. The van der Waals surface area contributed by atoms with E-state index in [2.05, 4.69) is 24.1 Å². The number of methoxy groups -OCH3 is 1. The highest BCUT2D eigenvalue weighted by Gasteiger charge is 2.35. The third-order valence-electron chi connectivity index (χ3n) is 5.85. The molecule has 172 valence electrons. The number of ether oxygens (including phenoxy) is 2. The first-order valence-corrected chi connectivity index (χ1v) is 11.2. The van der Waals surface area contributed by atoms with Gasteiger partial charge in [-0.25, -0.2) is 0 Å². The van der Waals surface area contributed by atoms with Crippen LogP contribution in [0.4, 0.5) is 5.69 Å². The maximum atomic E-state index is 12.8. The highest BCUT2D eigenvalue weighted by molar-refractivity contribution is 6.00. The number of hydrogen-bond donors (Lipinski definition) is 1. The van der Waals surface area contributed by atoms with E-state index in [4.69, 9.17) is 9.47 Å². The van der Waals surface area contributed by atoms with Gasteiger partial charge in [0.15, 0.2) is 0 Å². The third kappa shape index (κ3) is 6.01. The first-order chi connectivity index (χ1) is 15.5. The number of carbonyl (C=O) groups is 2. The normalized spacial score (nSPS) is 15.8. The molecule has 1 saturated heterocycles. The van der Waals surface area contributed by atoms with Crippen LogP contribution in [0, 0.1) is 5.92 Å². The Hall–Kier alpha value is -3.06. The third-order valence-corrected chi connectivity index (χ3v) is 5.85. The average molecular weight is 440 g/mol. The summed E-state index contributed by atoms with van der Waals surface area (Å²) in [4.78, 5) is 29.3. The minimum Gasteiger partial charge on any atom is -0.497 e. The largest absolute Gasteiger partial charge is 0.497 e. The maximum absolute atomic E-state index is 12.8. The van der Waals surface area contributed by atoms with Crippen LogP contribution >= 0.6 is 0 Å². The van der Waals surface area contributed by atoms with Crippen LogP contribution < -0.4 is 19.7 Å². The molecule has 0 aliphatic carbocycles. The molecular formula is C25H33N3O4. The van der Waals surface area contributed by atoms with Crippen LogP contribution in [0.5, 0.6) is 11.5 Å². The second-order valence-corrected chi connectivity index (χ2v) is 7.81. The van der Waals surface area contributed by atoms with Gasteiger partial charge in [-0.2, -0.15) is 0 Å². The van der Waals surface area contributed by atoms with Crippen LogP contribution in [0.25, 0.3) is 0 Å². The van der Waals surface area contributed by atoms with E-state index in [0.29, 0.717) is 25.4 Å². The highest BCUT2D eigenvalue weighted by atomic mass is 16.5. The molecule has 2 aromatic carbocycles. The zero-order chi connectivity index (χ0) is 22.9. The number of amides is 2. The first-order valence-electron chi connectivity index (χ1n) is 11.2. The topological polar surface area (TPSA) is 71.1 Å². The Morgan fingerprint density at radius 1 is 1.16 bits per heavy atom. The monoisotopic (exact) mass is 439 g/mol. The van der Waals surface area contributed by atoms with Crippen molar-refractivity contribution in [3.63, 3.8) is 0 Å². The van der Waals surface area contributed by atoms with Gasteiger partial charge in [-0.3, -0.25) is 9.59 Å². The van der Waals surface area contributed by atoms with Gasteiger partial charge < -0.3 is 24.6 Å². The van der Waals surface area contributed by atoms with E-state index >= 15 is 0 Å². The van der Waals surface area contributed by atoms with E-state index in [1.807, 2.05) is 48.5 Å². The molecule has 2 aromatic rings. The Kier molecular flexibility index (Phi) is 8.50. The van der Waals surface area contributed by atoms with Crippen LogP contribution in [-0.2, 0) is 16.1 Å². The Morgan fingerprint density at radius 2 is 1.94 bits per heavy atom. The zero-order valence-corrected chi connectivity index (χ0v) is 19.2. The summed E-state index contributed by atoms with van der Waals surface area (Å²) < 4.78 is 11.2. The van der Waals surface area contributed by atoms with Gasteiger partial charge in [-0.1, -0.05) is 38.1 Å². The van der Waals surface area contributed by atoms with Gasteiger partial charge in [0.25, 0.3) is 0 Å². The number of para-hydroxylation sites is 1. The number of hydrogen-bond acceptors (Lipinski definition) is 5. The van der Waals surface area contributed by atoms with Crippen molar-refractivity contribution in [1.29, 1.82) is 0 Å². The fraction of sp³-hybridized carbons (Fsp3) is 0.440. The Balaban J connectivity index is 1.55. The summed E-state index contributed by atoms with van der Waals surface area (Å²) in [5.41, 5.74) is 1.67. The lowest BCUT2D eigenvalue weighted by molar-refractivity contribution is -0.126. The van der Waals surface area contributed by atoms with Crippen LogP contribution in [0.1, 0.15) is 25.8 Å². The van der Waals surface area contributed by atoms with E-state index in [9.17, 15) is 9.59 Å². The molecule has 0 bridgehead atoms. The Bertz CT molecular complexity index is 914.